The van der Waals surface area contributed by atoms with E-state index in [9.17, 15) is 0 Å². The maximum absolute atomic E-state index is 3.58. The highest BCUT2D eigenvalue weighted by molar-refractivity contribution is 4.87. The fraction of sp³-hybridized carbons (Fsp3) is 1.00. The molecule has 2 unspecified atom stereocenters. The molecule has 1 aliphatic rings. The quantitative estimate of drug-likeness (QED) is 0.684. The van der Waals surface area contributed by atoms with Gasteiger partial charge in [0.15, 0.2) is 0 Å². The van der Waals surface area contributed by atoms with Gasteiger partial charge < -0.3 is 10.2 Å². The van der Waals surface area contributed by atoms with Crippen LogP contribution in [0.25, 0.3) is 0 Å². The van der Waals surface area contributed by atoms with Crippen LogP contribution in [0.15, 0.2) is 0 Å². The van der Waals surface area contributed by atoms with Gasteiger partial charge in [-0.05, 0) is 39.4 Å². The number of likely N-dealkylation sites (tertiary alicyclic amines) is 1. The van der Waals surface area contributed by atoms with Crippen molar-refractivity contribution in [1.29, 1.82) is 0 Å². The van der Waals surface area contributed by atoms with Crippen LogP contribution in [0.1, 0.15) is 33.6 Å². The predicted octanol–water partition coefficient (Wildman–Crippen LogP) is 1.65. The van der Waals surface area contributed by atoms with Crippen LogP contribution in [0.3, 0.4) is 0 Å². The highest BCUT2D eigenvalue weighted by Gasteiger charge is 2.30. The van der Waals surface area contributed by atoms with Gasteiger partial charge in [-0.25, -0.2) is 0 Å². The second-order valence-corrected chi connectivity index (χ2v) is 5.92. The lowest BCUT2D eigenvalue weighted by molar-refractivity contribution is 0.171. The fourth-order valence-electron chi connectivity index (χ4n) is 2.70. The summed E-state index contributed by atoms with van der Waals surface area (Å²) in [7, 11) is 4.40. The molecule has 0 aromatic rings. The lowest BCUT2D eigenvalue weighted by Crippen LogP contribution is -2.45. The van der Waals surface area contributed by atoms with Gasteiger partial charge in [-0.2, -0.15) is 0 Å². The third kappa shape index (κ3) is 4.57. The summed E-state index contributed by atoms with van der Waals surface area (Å²) < 4.78 is 0. The van der Waals surface area contributed by atoms with E-state index in [0.717, 1.165) is 25.0 Å². The second kappa shape index (κ2) is 7.34. The minimum atomic E-state index is 0.700. The van der Waals surface area contributed by atoms with Gasteiger partial charge in [-0.3, -0.25) is 4.90 Å². The zero-order chi connectivity index (χ0) is 12.8. The fourth-order valence-corrected chi connectivity index (χ4v) is 2.70. The molecule has 0 amide bonds. The van der Waals surface area contributed by atoms with E-state index in [1.807, 2.05) is 0 Å². The first kappa shape index (κ1) is 14.9. The van der Waals surface area contributed by atoms with E-state index in [1.165, 1.54) is 25.9 Å². The Morgan fingerprint density at radius 1 is 1.35 bits per heavy atom. The summed E-state index contributed by atoms with van der Waals surface area (Å²) >= 11 is 0. The molecule has 0 saturated carbocycles. The van der Waals surface area contributed by atoms with E-state index < -0.39 is 0 Å². The number of nitrogens with zero attached hydrogens (tertiary/aromatic N) is 2. The summed E-state index contributed by atoms with van der Waals surface area (Å²) in [5.41, 5.74) is 0. The molecular formula is C14H31N3. The normalized spacial score (nSPS) is 23.8. The van der Waals surface area contributed by atoms with E-state index in [-0.39, 0.29) is 0 Å². The summed E-state index contributed by atoms with van der Waals surface area (Å²) in [5.74, 6) is 0.736. The average Bonchev–Trinajstić information content (AvgIpc) is 2.73. The van der Waals surface area contributed by atoms with E-state index >= 15 is 0 Å². The predicted molar refractivity (Wildman–Crippen MR) is 75.5 cm³/mol. The molecule has 3 nitrogen and oxygen atoms in total. The lowest BCUT2D eigenvalue weighted by Gasteiger charge is -2.32. The highest BCUT2D eigenvalue weighted by atomic mass is 15.3. The Morgan fingerprint density at radius 2 is 2.06 bits per heavy atom. The summed E-state index contributed by atoms with van der Waals surface area (Å²) in [5, 5.41) is 3.58. The summed E-state index contributed by atoms with van der Waals surface area (Å²) in [6.45, 7) is 11.7. The van der Waals surface area contributed by atoms with Crippen molar-refractivity contribution in [3.63, 3.8) is 0 Å². The Hall–Kier alpha value is -0.120. The molecule has 0 spiro atoms. The van der Waals surface area contributed by atoms with E-state index in [4.69, 9.17) is 0 Å². The van der Waals surface area contributed by atoms with Crippen LogP contribution < -0.4 is 5.32 Å². The maximum atomic E-state index is 3.58. The van der Waals surface area contributed by atoms with Gasteiger partial charge in [0.1, 0.15) is 0 Å². The molecule has 1 fully saturated rings. The Labute approximate surface area is 108 Å². The molecular weight excluding hydrogens is 210 g/mol. The molecule has 3 heteroatoms. The van der Waals surface area contributed by atoms with Gasteiger partial charge in [0.2, 0.25) is 0 Å². The first-order chi connectivity index (χ1) is 8.06. The van der Waals surface area contributed by atoms with Crippen molar-refractivity contribution in [3.8, 4) is 0 Å². The van der Waals surface area contributed by atoms with Gasteiger partial charge >= 0.3 is 0 Å². The highest BCUT2D eigenvalue weighted by Crippen LogP contribution is 2.19. The monoisotopic (exact) mass is 241 g/mol. The summed E-state index contributed by atoms with van der Waals surface area (Å²) in [6, 6.07) is 1.45. The number of rotatable bonds is 7. The van der Waals surface area contributed by atoms with Crippen molar-refractivity contribution in [2.24, 2.45) is 5.92 Å². The first-order valence-electron chi connectivity index (χ1n) is 7.17. The Kier molecular flexibility index (Phi) is 6.45. The van der Waals surface area contributed by atoms with E-state index in [1.54, 1.807) is 0 Å². The van der Waals surface area contributed by atoms with Gasteiger partial charge in [0.25, 0.3) is 0 Å². The number of hydrogen-bond acceptors (Lipinski definition) is 3. The van der Waals surface area contributed by atoms with Crippen LogP contribution >= 0.6 is 0 Å². The molecule has 2 atom stereocenters. The van der Waals surface area contributed by atoms with Gasteiger partial charge in [0, 0.05) is 31.7 Å². The molecule has 1 aliphatic heterocycles. The lowest BCUT2D eigenvalue weighted by atomic mass is 10.0. The topological polar surface area (TPSA) is 18.5 Å². The molecule has 0 aromatic carbocycles. The second-order valence-electron chi connectivity index (χ2n) is 5.92. The maximum Gasteiger partial charge on any atom is 0.0244 e. The Balaban J connectivity index is 2.43. The van der Waals surface area contributed by atoms with Gasteiger partial charge in [0.05, 0.1) is 0 Å². The van der Waals surface area contributed by atoms with Gasteiger partial charge in [-0.1, -0.05) is 20.8 Å². The molecule has 1 heterocycles. The zero-order valence-electron chi connectivity index (χ0n) is 12.4. The summed E-state index contributed by atoms with van der Waals surface area (Å²) in [6.07, 6.45) is 2.55. The van der Waals surface area contributed by atoms with Crippen molar-refractivity contribution in [2.75, 3.05) is 40.3 Å². The average molecular weight is 241 g/mol. The molecule has 0 aromatic heterocycles. The molecule has 0 radical (unpaired) electrons. The van der Waals surface area contributed by atoms with E-state index in [0.29, 0.717) is 6.04 Å². The largest absolute Gasteiger partial charge is 0.315 e. The first-order valence-corrected chi connectivity index (χ1v) is 7.17. The Bertz CT molecular complexity index is 204. The van der Waals surface area contributed by atoms with Crippen LogP contribution in [0, 0.1) is 5.92 Å². The van der Waals surface area contributed by atoms with Crippen LogP contribution in [-0.4, -0.2) is 62.2 Å². The molecule has 17 heavy (non-hydrogen) atoms. The third-order valence-electron chi connectivity index (χ3n) is 3.94. The van der Waals surface area contributed by atoms with Gasteiger partial charge in [-0.15, -0.1) is 0 Å². The van der Waals surface area contributed by atoms with Crippen molar-refractivity contribution in [3.05, 3.63) is 0 Å². The summed E-state index contributed by atoms with van der Waals surface area (Å²) in [4.78, 5) is 5.05. The molecule has 0 aliphatic carbocycles. The van der Waals surface area contributed by atoms with Crippen molar-refractivity contribution in [1.82, 2.24) is 15.1 Å². The molecule has 1 N–H and O–H groups in total. The smallest absolute Gasteiger partial charge is 0.0244 e. The van der Waals surface area contributed by atoms with E-state index in [2.05, 4.69) is 50.0 Å². The molecule has 1 rings (SSSR count). The minimum Gasteiger partial charge on any atom is -0.315 e. The number of nitrogens with one attached hydrogen (secondary N) is 1. The zero-order valence-corrected chi connectivity index (χ0v) is 12.4. The Morgan fingerprint density at radius 3 is 2.53 bits per heavy atom. The standard InChI is InChI=1S/C14H31N3/c1-6-8-15-10-14(12(2)3)17-9-7-13(11-17)16(4)5/h12-15H,6-11H2,1-5H3. The molecule has 1 saturated heterocycles. The van der Waals surface area contributed by atoms with Crippen molar-refractivity contribution in [2.45, 2.75) is 45.7 Å². The van der Waals surface area contributed by atoms with Crippen LogP contribution in [-0.2, 0) is 0 Å². The number of hydrogen-bond donors (Lipinski definition) is 1. The molecule has 102 valence electrons. The minimum absolute atomic E-state index is 0.700. The van der Waals surface area contributed by atoms with Crippen molar-refractivity contribution < 1.29 is 0 Å². The van der Waals surface area contributed by atoms with Crippen LogP contribution in [0.5, 0.6) is 0 Å². The molecule has 0 bridgehead atoms. The third-order valence-corrected chi connectivity index (χ3v) is 3.94. The van der Waals surface area contributed by atoms with Crippen LogP contribution in [0.2, 0.25) is 0 Å². The van der Waals surface area contributed by atoms with Crippen molar-refractivity contribution >= 4 is 0 Å². The number of likely N-dealkylation sites (N-methyl/N-ethyl adjacent to an activating group) is 1. The SMILES string of the molecule is CCCNCC(C(C)C)N1CCC(N(C)C)C1. The van der Waals surface area contributed by atoms with Crippen LogP contribution in [0.4, 0.5) is 0 Å².